The number of rotatable bonds is 9. The molecule has 0 aliphatic heterocycles. The van der Waals surface area contributed by atoms with Crippen molar-refractivity contribution in [2.24, 2.45) is 0 Å². The molecule has 0 atom stereocenters. The average molecular weight is 282 g/mol. The molecule has 0 unspecified atom stereocenters. The minimum Gasteiger partial charge on any atom is -0.463 e. The monoisotopic (exact) mass is 282 g/mol. The third kappa shape index (κ3) is 5.16. The average Bonchev–Trinajstić information content (AvgIpc) is 2.44. The Hall–Kier alpha value is -1.63. The molecule has 7 nitrogen and oxygen atoms in total. The first-order chi connectivity index (χ1) is 9.60. The number of anilines is 2. The highest BCUT2D eigenvalue weighted by Gasteiger charge is 2.11. The van der Waals surface area contributed by atoms with Crippen LogP contribution in [0.15, 0.2) is 0 Å². The Morgan fingerprint density at radius 2 is 1.80 bits per heavy atom. The molecule has 0 aliphatic rings. The molecule has 0 radical (unpaired) electrons. The van der Waals surface area contributed by atoms with Crippen molar-refractivity contribution in [3.63, 3.8) is 0 Å². The van der Waals surface area contributed by atoms with Crippen molar-refractivity contribution in [1.29, 1.82) is 0 Å². The SMILES string of the molecule is CCN(CC)c1nc(NC)nc(OCCCN(C)C)n1. The van der Waals surface area contributed by atoms with Crippen molar-refractivity contribution in [3.05, 3.63) is 0 Å². The molecule has 1 N–H and O–H groups in total. The first-order valence-corrected chi connectivity index (χ1v) is 7.07. The van der Waals surface area contributed by atoms with Gasteiger partial charge < -0.3 is 19.9 Å². The molecule has 7 heteroatoms. The number of hydrogen-bond acceptors (Lipinski definition) is 7. The third-order valence-electron chi connectivity index (χ3n) is 2.85. The summed E-state index contributed by atoms with van der Waals surface area (Å²) in [5.41, 5.74) is 0. The molecule has 0 aliphatic carbocycles. The van der Waals surface area contributed by atoms with E-state index in [1.165, 1.54) is 0 Å². The summed E-state index contributed by atoms with van der Waals surface area (Å²) in [5, 5.41) is 2.94. The lowest BCUT2D eigenvalue weighted by molar-refractivity contribution is 0.263. The van der Waals surface area contributed by atoms with Crippen LogP contribution in [0.4, 0.5) is 11.9 Å². The molecule has 0 bridgehead atoms. The Labute approximate surface area is 121 Å². The summed E-state index contributed by atoms with van der Waals surface area (Å²) in [7, 11) is 5.87. The molecule has 1 aromatic heterocycles. The Morgan fingerprint density at radius 3 is 2.35 bits per heavy atom. The van der Waals surface area contributed by atoms with Crippen molar-refractivity contribution >= 4 is 11.9 Å². The molecule has 20 heavy (non-hydrogen) atoms. The van der Waals surface area contributed by atoms with Gasteiger partial charge in [-0.25, -0.2) is 0 Å². The molecule has 0 fully saturated rings. The van der Waals surface area contributed by atoms with E-state index in [-0.39, 0.29) is 0 Å². The molecule has 0 saturated carbocycles. The van der Waals surface area contributed by atoms with Gasteiger partial charge in [0.05, 0.1) is 6.61 Å². The standard InChI is InChI=1S/C13H26N6O/c1-6-19(7-2)12-15-11(14-3)16-13(17-12)20-10-8-9-18(4)5/h6-10H2,1-5H3,(H,14,15,16,17). The number of nitrogens with zero attached hydrogens (tertiary/aromatic N) is 5. The van der Waals surface area contributed by atoms with E-state index in [9.17, 15) is 0 Å². The summed E-state index contributed by atoms with van der Waals surface area (Å²) in [6.45, 7) is 7.43. The molecule has 1 aromatic rings. The van der Waals surface area contributed by atoms with Crippen molar-refractivity contribution < 1.29 is 4.74 Å². The summed E-state index contributed by atoms with van der Waals surface area (Å²) >= 11 is 0. The molecule has 0 spiro atoms. The van der Waals surface area contributed by atoms with Crippen molar-refractivity contribution in [1.82, 2.24) is 19.9 Å². The molecular weight excluding hydrogens is 256 g/mol. The molecule has 1 heterocycles. The molecule has 114 valence electrons. The number of ether oxygens (including phenoxy) is 1. The van der Waals surface area contributed by atoms with Crippen LogP contribution in [0.2, 0.25) is 0 Å². The minimum atomic E-state index is 0.380. The maximum atomic E-state index is 5.62. The van der Waals surface area contributed by atoms with Crippen molar-refractivity contribution in [2.75, 3.05) is 57.6 Å². The molecule has 0 amide bonds. The first-order valence-electron chi connectivity index (χ1n) is 7.07. The van der Waals surface area contributed by atoms with Crippen LogP contribution >= 0.6 is 0 Å². The molecule has 0 saturated heterocycles. The Bertz CT molecular complexity index is 394. The Morgan fingerprint density at radius 1 is 1.10 bits per heavy atom. The fourth-order valence-corrected chi connectivity index (χ4v) is 1.71. The zero-order valence-corrected chi connectivity index (χ0v) is 13.2. The predicted molar refractivity (Wildman–Crippen MR) is 81.6 cm³/mol. The zero-order chi connectivity index (χ0) is 15.0. The summed E-state index contributed by atoms with van der Waals surface area (Å²) < 4.78 is 5.62. The van der Waals surface area contributed by atoms with Crippen molar-refractivity contribution in [3.8, 4) is 6.01 Å². The lowest BCUT2D eigenvalue weighted by Gasteiger charge is -2.19. The van der Waals surface area contributed by atoms with E-state index in [2.05, 4.69) is 43.9 Å². The van der Waals surface area contributed by atoms with Crippen LogP contribution in [0.25, 0.3) is 0 Å². The van der Waals surface area contributed by atoms with Gasteiger partial charge in [0.2, 0.25) is 11.9 Å². The van der Waals surface area contributed by atoms with E-state index < -0.39 is 0 Å². The summed E-state index contributed by atoms with van der Waals surface area (Å²) in [6.07, 6.45) is 0.939. The van der Waals surface area contributed by atoms with Gasteiger partial charge in [0.15, 0.2) is 0 Å². The molecule has 0 aromatic carbocycles. The smallest absolute Gasteiger partial charge is 0.323 e. The zero-order valence-electron chi connectivity index (χ0n) is 13.2. The van der Waals surface area contributed by atoms with Crippen LogP contribution in [0.1, 0.15) is 20.3 Å². The second-order valence-electron chi connectivity index (χ2n) is 4.67. The van der Waals surface area contributed by atoms with Crippen LogP contribution in [-0.2, 0) is 0 Å². The van der Waals surface area contributed by atoms with Gasteiger partial charge in [0, 0.05) is 26.7 Å². The van der Waals surface area contributed by atoms with Crippen LogP contribution < -0.4 is 15.0 Å². The van der Waals surface area contributed by atoms with E-state index in [0.717, 1.165) is 26.1 Å². The quantitative estimate of drug-likeness (QED) is 0.680. The van der Waals surface area contributed by atoms with Gasteiger partial charge in [-0.05, 0) is 34.4 Å². The predicted octanol–water partition coefficient (Wildman–Crippen LogP) is 1.09. The first kappa shape index (κ1) is 16.4. The Balaban J connectivity index is 2.72. The number of hydrogen-bond donors (Lipinski definition) is 1. The van der Waals surface area contributed by atoms with Crippen LogP contribution in [-0.4, -0.2) is 67.2 Å². The van der Waals surface area contributed by atoms with Gasteiger partial charge in [0.25, 0.3) is 0 Å². The third-order valence-corrected chi connectivity index (χ3v) is 2.85. The summed E-state index contributed by atoms with van der Waals surface area (Å²) in [5.74, 6) is 1.18. The lowest BCUT2D eigenvalue weighted by atomic mass is 10.4. The highest BCUT2D eigenvalue weighted by atomic mass is 16.5. The summed E-state index contributed by atoms with van der Waals surface area (Å²) in [6, 6.07) is 0.380. The van der Waals surface area contributed by atoms with Gasteiger partial charge >= 0.3 is 6.01 Å². The van der Waals surface area contributed by atoms with E-state index in [0.29, 0.717) is 24.5 Å². The van der Waals surface area contributed by atoms with Gasteiger partial charge in [-0.2, -0.15) is 15.0 Å². The van der Waals surface area contributed by atoms with E-state index in [4.69, 9.17) is 4.74 Å². The van der Waals surface area contributed by atoms with Crippen LogP contribution in [0.5, 0.6) is 6.01 Å². The van der Waals surface area contributed by atoms with Crippen LogP contribution in [0, 0.1) is 0 Å². The second kappa shape index (κ2) is 8.52. The maximum Gasteiger partial charge on any atom is 0.323 e. The topological polar surface area (TPSA) is 66.4 Å². The lowest BCUT2D eigenvalue weighted by Crippen LogP contribution is -2.25. The van der Waals surface area contributed by atoms with E-state index in [1.54, 1.807) is 7.05 Å². The number of nitrogens with one attached hydrogen (secondary N) is 1. The fraction of sp³-hybridized carbons (Fsp3) is 0.769. The van der Waals surface area contributed by atoms with Gasteiger partial charge in [-0.1, -0.05) is 0 Å². The Kier molecular flexibility index (Phi) is 7.00. The van der Waals surface area contributed by atoms with E-state index >= 15 is 0 Å². The summed E-state index contributed by atoms with van der Waals surface area (Å²) in [4.78, 5) is 17.1. The molecule has 1 rings (SSSR count). The fourth-order valence-electron chi connectivity index (χ4n) is 1.71. The second-order valence-corrected chi connectivity index (χ2v) is 4.67. The molecular formula is C13H26N6O. The minimum absolute atomic E-state index is 0.380. The maximum absolute atomic E-state index is 5.62. The highest BCUT2D eigenvalue weighted by Crippen LogP contribution is 2.14. The highest BCUT2D eigenvalue weighted by molar-refractivity contribution is 5.37. The van der Waals surface area contributed by atoms with Crippen LogP contribution in [0.3, 0.4) is 0 Å². The number of aromatic nitrogens is 3. The van der Waals surface area contributed by atoms with Crippen molar-refractivity contribution in [2.45, 2.75) is 20.3 Å². The normalized spacial score (nSPS) is 10.7. The van der Waals surface area contributed by atoms with E-state index in [1.807, 2.05) is 14.1 Å². The van der Waals surface area contributed by atoms with Gasteiger partial charge in [0.1, 0.15) is 0 Å². The van der Waals surface area contributed by atoms with Gasteiger partial charge in [-0.3, -0.25) is 0 Å². The van der Waals surface area contributed by atoms with Gasteiger partial charge in [-0.15, -0.1) is 0 Å². The largest absolute Gasteiger partial charge is 0.463 e.